The van der Waals surface area contributed by atoms with E-state index in [0.717, 1.165) is 11.4 Å². The van der Waals surface area contributed by atoms with E-state index >= 15 is 0 Å². The molecule has 3 heteroatoms. The second-order valence-electron chi connectivity index (χ2n) is 4.37. The highest BCUT2D eigenvalue weighted by Gasteiger charge is 2.16. The topological polar surface area (TPSA) is 36.4 Å². The molecule has 1 aromatic heterocycles. The molecule has 78 valence electrons. The first kappa shape index (κ1) is 11.0. The van der Waals surface area contributed by atoms with Gasteiger partial charge in [-0.05, 0) is 25.5 Å². The van der Waals surface area contributed by atoms with Crippen LogP contribution in [0.3, 0.4) is 0 Å². The minimum Gasteiger partial charge on any atom is -0.390 e. The highest BCUT2D eigenvalue weighted by atomic mass is 16.3. The van der Waals surface area contributed by atoms with E-state index < -0.39 is 5.60 Å². The van der Waals surface area contributed by atoms with E-state index in [1.807, 2.05) is 31.1 Å². The zero-order valence-electron chi connectivity index (χ0n) is 9.28. The molecule has 0 saturated carbocycles. The average molecular weight is 194 g/mol. The molecular weight excluding hydrogens is 176 g/mol. The summed E-state index contributed by atoms with van der Waals surface area (Å²) in [5, 5.41) is 9.73. The third kappa shape index (κ3) is 3.00. The van der Waals surface area contributed by atoms with Gasteiger partial charge in [0, 0.05) is 26.7 Å². The van der Waals surface area contributed by atoms with Crippen LogP contribution in [0.15, 0.2) is 18.3 Å². The van der Waals surface area contributed by atoms with Gasteiger partial charge in [0.1, 0.15) is 5.82 Å². The summed E-state index contributed by atoms with van der Waals surface area (Å²) in [5.74, 6) is 0.926. The van der Waals surface area contributed by atoms with Crippen LogP contribution in [0.25, 0.3) is 0 Å². The van der Waals surface area contributed by atoms with Gasteiger partial charge >= 0.3 is 0 Å². The third-order valence-electron chi connectivity index (χ3n) is 1.91. The fraction of sp³-hybridized carbons (Fsp3) is 0.545. The number of pyridine rings is 1. The molecule has 1 heterocycles. The van der Waals surface area contributed by atoms with Crippen LogP contribution in [0, 0.1) is 0 Å². The van der Waals surface area contributed by atoms with E-state index in [0.29, 0.717) is 6.42 Å². The minimum atomic E-state index is -0.687. The lowest BCUT2D eigenvalue weighted by Gasteiger charge is -2.21. The Morgan fingerprint density at radius 1 is 1.43 bits per heavy atom. The van der Waals surface area contributed by atoms with Crippen LogP contribution in [0.1, 0.15) is 19.4 Å². The Morgan fingerprint density at radius 3 is 2.57 bits per heavy atom. The first-order valence-electron chi connectivity index (χ1n) is 4.74. The Morgan fingerprint density at radius 2 is 2.07 bits per heavy atom. The molecule has 1 rings (SSSR count). The Labute approximate surface area is 85.4 Å². The summed E-state index contributed by atoms with van der Waals surface area (Å²) in [6.45, 7) is 3.61. The van der Waals surface area contributed by atoms with Gasteiger partial charge < -0.3 is 10.0 Å². The van der Waals surface area contributed by atoms with Crippen LogP contribution in [-0.2, 0) is 6.42 Å². The molecule has 1 N–H and O–H groups in total. The zero-order valence-corrected chi connectivity index (χ0v) is 9.28. The second-order valence-corrected chi connectivity index (χ2v) is 4.37. The number of aromatic nitrogens is 1. The smallest absolute Gasteiger partial charge is 0.131 e. The quantitative estimate of drug-likeness (QED) is 0.791. The van der Waals surface area contributed by atoms with Crippen LogP contribution in [0.2, 0.25) is 0 Å². The van der Waals surface area contributed by atoms with Crippen molar-refractivity contribution < 1.29 is 5.11 Å². The van der Waals surface area contributed by atoms with E-state index in [2.05, 4.69) is 4.98 Å². The lowest BCUT2D eigenvalue weighted by atomic mass is 9.99. The highest BCUT2D eigenvalue weighted by Crippen LogP contribution is 2.20. The van der Waals surface area contributed by atoms with Crippen LogP contribution in [0.5, 0.6) is 0 Å². The highest BCUT2D eigenvalue weighted by molar-refractivity contribution is 5.45. The first-order chi connectivity index (χ1) is 6.40. The van der Waals surface area contributed by atoms with Gasteiger partial charge in [0.25, 0.3) is 0 Å². The summed E-state index contributed by atoms with van der Waals surface area (Å²) < 4.78 is 0. The SMILES string of the molecule is CN(C)c1ncccc1CC(C)(C)O. The number of aliphatic hydroxyl groups is 1. The molecule has 0 unspecified atom stereocenters. The fourth-order valence-electron chi connectivity index (χ4n) is 1.44. The third-order valence-corrected chi connectivity index (χ3v) is 1.91. The number of anilines is 1. The standard InChI is InChI=1S/C11H18N2O/c1-11(2,14)8-9-6-5-7-12-10(9)13(3)4/h5-7,14H,8H2,1-4H3. The monoisotopic (exact) mass is 194 g/mol. The lowest BCUT2D eigenvalue weighted by molar-refractivity contribution is 0.0810. The molecule has 0 aliphatic heterocycles. The number of hydrogen-bond donors (Lipinski definition) is 1. The minimum absolute atomic E-state index is 0.619. The molecule has 3 nitrogen and oxygen atoms in total. The van der Waals surface area contributed by atoms with Gasteiger partial charge in [-0.3, -0.25) is 0 Å². The molecule has 14 heavy (non-hydrogen) atoms. The number of nitrogens with zero attached hydrogens (tertiary/aromatic N) is 2. The Hall–Kier alpha value is -1.09. The maximum atomic E-state index is 9.73. The lowest BCUT2D eigenvalue weighted by Crippen LogP contribution is -2.24. The number of rotatable bonds is 3. The maximum Gasteiger partial charge on any atom is 0.131 e. The molecular formula is C11H18N2O. The largest absolute Gasteiger partial charge is 0.390 e. The van der Waals surface area contributed by atoms with Gasteiger partial charge in [-0.15, -0.1) is 0 Å². The van der Waals surface area contributed by atoms with Gasteiger partial charge in [-0.25, -0.2) is 4.98 Å². The molecule has 0 fully saturated rings. The predicted octanol–water partition coefficient (Wildman–Crippen LogP) is 1.46. The van der Waals surface area contributed by atoms with Crippen LogP contribution in [0.4, 0.5) is 5.82 Å². The van der Waals surface area contributed by atoms with E-state index in [4.69, 9.17) is 0 Å². The van der Waals surface area contributed by atoms with Crippen molar-refractivity contribution in [2.45, 2.75) is 25.9 Å². The average Bonchev–Trinajstić information content (AvgIpc) is 2.01. The normalized spacial score (nSPS) is 11.5. The summed E-state index contributed by atoms with van der Waals surface area (Å²) >= 11 is 0. The molecule has 0 saturated heterocycles. The van der Waals surface area contributed by atoms with Crippen molar-refractivity contribution in [2.24, 2.45) is 0 Å². The predicted molar refractivity (Wildman–Crippen MR) is 58.6 cm³/mol. The Kier molecular flexibility index (Phi) is 3.11. The van der Waals surface area contributed by atoms with Crippen LogP contribution in [-0.4, -0.2) is 29.8 Å². The number of hydrogen-bond acceptors (Lipinski definition) is 3. The van der Waals surface area contributed by atoms with E-state index in [1.165, 1.54) is 0 Å². The van der Waals surface area contributed by atoms with Gasteiger partial charge in [-0.2, -0.15) is 0 Å². The Bertz CT molecular complexity index is 302. The van der Waals surface area contributed by atoms with Crippen molar-refractivity contribution in [1.29, 1.82) is 0 Å². The van der Waals surface area contributed by atoms with Crippen molar-refractivity contribution in [3.63, 3.8) is 0 Å². The summed E-state index contributed by atoms with van der Waals surface area (Å²) in [6.07, 6.45) is 2.39. The maximum absolute atomic E-state index is 9.73. The van der Waals surface area contributed by atoms with Crippen molar-refractivity contribution in [3.05, 3.63) is 23.9 Å². The summed E-state index contributed by atoms with van der Waals surface area (Å²) in [5.41, 5.74) is 0.387. The van der Waals surface area contributed by atoms with Crippen molar-refractivity contribution >= 4 is 5.82 Å². The molecule has 0 amide bonds. The van der Waals surface area contributed by atoms with Gasteiger partial charge in [-0.1, -0.05) is 6.07 Å². The summed E-state index contributed by atoms with van der Waals surface area (Å²) in [6, 6.07) is 3.90. The summed E-state index contributed by atoms with van der Waals surface area (Å²) in [7, 11) is 3.91. The van der Waals surface area contributed by atoms with E-state index in [9.17, 15) is 5.11 Å². The molecule has 0 bridgehead atoms. The molecule has 0 spiro atoms. The van der Waals surface area contributed by atoms with Gasteiger partial charge in [0.15, 0.2) is 0 Å². The first-order valence-corrected chi connectivity index (χ1v) is 4.74. The molecule has 0 aliphatic carbocycles. The van der Waals surface area contributed by atoms with Gasteiger partial charge in [0.05, 0.1) is 5.60 Å². The Balaban J connectivity index is 2.96. The van der Waals surface area contributed by atoms with Crippen LogP contribution >= 0.6 is 0 Å². The fourth-order valence-corrected chi connectivity index (χ4v) is 1.44. The van der Waals surface area contributed by atoms with E-state index in [-0.39, 0.29) is 0 Å². The van der Waals surface area contributed by atoms with Crippen molar-refractivity contribution in [1.82, 2.24) is 4.98 Å². The summed E-state index contributed by atoms with van der Waals surface area (Å²) in [4.78, 5) is 6.24. The second kappa shape index (κ2) is 3.96. The van der Waals surface area contributed by atoms with Crippen molar-refractivity contribution in [2.75, 3.05) is 19.0 Å². The molecule has 0 aliphatic rings. The van der Waals surface area contributed by atoms with E-state index in [1.54, 1.807) is 20.0 Å². The van der Waals surface area contributed by atoms with Crippen molar-refractivity contribution in [3.8, 4) is 0 Å². The van der Waals surface area contributed by atoms with Gasteiger partial charge in [0.2, 0.25) is 0 Å². The molecule has 1 aromatic rings. The molecule has 0 radical (unpaired) electrons. The molecule has 0 aromatic carbocycles. The van der Waals surface area contributed by atoms with Crippen LogP contribution < -0.4 is 4.90 Å². The zero-order chi connectivity index (χ0) is 10.8. The molecule has 0 atom stereocenters.